The summed E-state index contributed by atoms with van der Waals surface area (Å²) in [5.74, 6) is 0.0736. The molecule has 2 aromatic rings. The van der Waals surface area contributed by atoms with Crippen LogP contribution in [-0.2, 0) is 9.53 Å². The second-order valence-electron chi connectivity index (χ2n) is 6.80. The zero-order valence-electron chi connectivity index (χ0n) is 17.9. The summed E-state index contributed by atoms with van der Waals surface area (Å²) in [7, 11) is 1.43. The molecule has 170 valence electrons. The lowest BCUT2D eigenvalue weighted by molar-refractivity contribution is -0.123. The van der Waals surface area contributed by atoms with Gasteiger partial charge in [-0.2, -0.15) is 4.99 Å². The van der Waals surface area contributed by atoms with E-state index in [1.165, 1.54) is 25.3 Å². The lowest BCUT2D eigenvalue weighted by Crippen LogP contribution is -2.34. The first kappa shape index (κ1) is 24.5. The van der Waals surface area contributed by atoms with Crippen LogP contribution < -0.4 is 26.3 Å². The zero-order chi connectivity index (χ0) is 23.8. The molecule has 0 aliphatic carbocycles. The highest BCUT2D eigenvalue weighted by Gasteiger charge is 2.14. The molecule has 2 aromatic carbocycles. The minimum Gasteiger partial charge on any atom is -0.493 e. The van der Waals surface area contributed by atoms with Crippen molar-refractivity contribution >= 4 is 47.0 Å². The average Bonchev–Trinajstić information content (AvgIpc) is 2.74. The summed E-state index contributed by atoms with van der Waals surface area (Å²) in [4.78, 5) is 15.8. The molecule has 11 heteroatoms. The van der Waals surface area contributed by atoms with Gasteiger partial charge in [-0.1, -0.05) is 11.6 Å². The van der Waals surface area contributed by atoms with E-state index in [0.29, 0.717) is 28.3 Å². The molecule has 0 aliphatic rings. The van der Waals surface area contributed by atoms with Crippen LogP contribution in [0.5, 0.6) is 11.5 Å². The van der Waals surface area contributed by atoms with Gasteiger partial charge in [-0.15, -0.1) is 0 Å². The van der Waals surface area contributed by atoms with Gasteiger partial charge in [0.15, 0.2) is 18.1 Å². The Hall–Kier alpha value is -3.79. The normalized spacial score (nSPS) is 11.1. The fourth-order valence-electron chi connectivity index (χ4n) is 2.57. The first-order chi connectivity index (χ1) is 15.2. The highest BCUT2D eigenvalue weighted by Crippen LogP contribution is 2.31. The number of nitrogens with two attached hydrogens (primary N) is 2. The molecule has 0 unspecified atom stereocenters. The molecule has 0 heterocycles. The highest BCUT2D eigenvalue weighted by molar-refractivity contribution is 6.36. The number of halogens is 1. The summed E-state index contributed by atoms with van der Waals surface area (Å²) in [5, 5.41) is 18.4. The number of aliphatic imine (C=N–C) groups is 1. The predicted molar refractivity (Wildman–Crippen MR) is 125 cm³/mol. The molecule has 10 nitrogen and oxygen atoms in total. The van der Waals surface area contributed by atoms with Crippen LogP contribution in [0.3, 0.4) is 0 Å². The van der Waals surface area contributed by atoms with Gasteiger partial charge in [0.1, 0.15) is 0 Å². The van der Waals surface area contributed by atoms with Crippen molar-refractivity contribution in [2.45, 2.75) is 19.9 Å². The number of amidine groups is 1. The maximum absolute atomic E-state index is 11.8. The molecular formula is C21H25ClN6O4. The predicted octanol–water partition coefficient (Wildman–Crippen LogP) is 2.82. The molecule has 2 rings (SSSR count). The third kappa shape index (κ3) is 6.35. The molecule has 0 saturated heterocycles. The number of nitrogen functional groups attached to an aromatic ring is 1. The van der Waals surface area contributed by atoms with Crippen molar-refractivity contribution in [1.29, 1.82) is 10.8 Å². The number of carbonyl (C=O) groups excluding carboxylic acids is 1. The minimum atomic E-state index is -0.331. The number of anilines is 1. The quantitative estimate of drug-likeness (QED) is 0.230. The molecule has 32 heavy (non-hydrogen) atoms. The van der Waals surface area contributed by atoms with Gasteiger partial charge in [0.2, 0.25) is 5.90 Å². The maximum Gasteiger partial charge on any atom is 0.294 e. The Labute approximate surface area is 190 Å². The first-order valence-corrected chi connectivity index (χ1v) is 9.83. The molecule has 0 fully saturated rings. The Morgan fingerprint density at radius 2 is 2.00 bits per heavy atom. The molecule has 0 saturated carbocycles. The Morgan fingerprint density at radius 1 is 1.28 bits per heavy atom. The molecule has 0 aliphatic heterocycles. The molecule has 0 aromatic heterocycles. The van der Waals surface area contributed by atoms with Crippen LogP contribution in [0.25, 0.3) is 0 Å². The van der Waals surface area contributed by atoms with E-state index in [0.717, 1.165) is 6.21 Å². The van der Waals surface area contributed by atoms with E-state index in [1.807, 2.05) is 13.8 Å². The second-order valence-corrected chi connectivity index (χ2v) is 7.18. The van der Waals surface area contributed by atoms with Gasteiger partial charge in [0.05, 0.1) is 17.8 Å². The smallest absolute Gasteiger partial charge is 0.294 e. The Kier molecular flexibility index (Phi) is 8.42. The molecular weight excluding hydrogens is 436 g/mol. The Bertz CT molecular complexity index is 1050. The average molecular weight is 461 g/mol. The van der Waals surface area contributed by atoms with Crippen LogP contribution in [0.4, 0.5) is 11.4 Å². The van der Waals surface area contributed by atoms with Crippen molar-refractivity contribution in [3.05, 3.63) is 46.5 Å². The van der Waals surface area contributed by atoms with E-state index in [9.17, 15) is 4.79 Å². The Morgan fingerprint density at radius 3 is 2.62 bits per heavy atom. The number of hydrogen-bond acceptors (Lipinski definition) is 8. The van der Waals surface area contributed by atoms with Gasteiger partial charge >= 0.3 is 0 Å². The summed E-state index contributed by atoms with van der Waals surface area (Å²) in [6.07, 6.45) is 1.01. The molecule has 0 bridgehead atoms. The van der Waals surface area contributed by atoms with E-state index >= 15 is 0 Å². The number of carbonyl (C=O) groups is 1. The molecule has 0 radical (unpaired) electrons. The monoisotopic (exact) mass is 460 g/mol. The second kappa shape index (κ2) is 11.0. The fourth-order valence-corrected chi connectivity index (χ4v) is 2.84. The van der Waals surface area contributed by atoms with Gasteiger partial charge in [0.25, 0.3) is 11.9 Å². The SMILES string of the molecule is COc1cc(C(=N)OC(N)=Nc2ccc(N)c(C=N)c2Cl)ccc1OCC(=O)NC(C)C. The van der Waals surface area contributed by atoms with Crippen molar-refractivity contribution in [3.63, 3.8) is 0 Å². The van der Waals surface area contributed by atoms with Crippen molar-refractivity contribution in [2.75, 3.05) is 19.5 Å². The van der Waals surface area contributed by atoms with Crippen LogP contribution >= 0.6 is 11.6 Å². The molecule has 1 amide bonds. The fraction of sp³-hybridized carbons (Fsp3) is 0.238. The maximum atomic E-state index is 11.8. The molecule has 0 atom stereocenters. The molecule has 0 spiro atoms. The number of rotatable bonds is 8. The third-order valence-electron chi connectivity index (χ3n) is 4.01. The van der Waals surface area contributed by atoms with Crippen LogP contribution in [0.2, 0.25) is 5.02 Å². The van der Waals surface area contributed by atoms with Crippen LogP contribution in [0.15, 0.2) is 35.3 Å². The van der Waals surface area contributed by atoms with Crippen LogP contribution in [-0.4, -0.2) is 43.8 Å². The topological polar surface area (TPSA) is 169 Å². The number of hydrogen-bond donors (Lipinski definition) is 5. The van der Waals surface area contributed by atoms with Crippen LogP contribution in [0.1, 0.15) is 25.0 Å². The number of benzene rings is 2. The van der Waals surface area contributed by atoms with E-state index < -0.39 is 0 Å². The van der Waals surface area contributed by atoms with Crippen LogP contribution in [0, 0.1) is 10.8 Å². The van der Waals surface area contributed by atoms with Crippen molar-refractivity contribution in [1.82, 2.24) is 5.32 Å². The van der Waals surface area contributed by atoms with E-state index in [4.69, 9.17) is 48.1 Å². The lowest BCUT2D eigenvalue weighted by atomic mass is 10.1. The van der Waals surface area contributed by atoms with Gasteiger partial charge in [-0.25, -0.2) is 0 Å². The first-order valence-electron chi connectivity index (χ1n) is 9.45. The summed E-state index contributed by atoms with van der Waals surface area (Å²) in [6.45, 7) is 3.52. The Balaban J connectivity index is 2.13. The minimum absolute atomic E-state index is 0.0000624. The number of nitrogens with one attached hydrogen (secondary N) is 3. The number of nitrogens with zero attached hydrogens (tertiary/aromatic N) is 1. The third-order valence-corrected chi connectivity index (χ3v) is 4.41. The van der Waals surface area contributed by atoms with Crippen molar-refractivity contribution in [2.24, 2.45) is 10.7 Å². The summed E-state index contributed by atoms with van der Waals surface area (Å²) in [6, 6.07) is 7.34. The van der Waals surface area contributed by atoms with E-state index in [2.05, 4.69) is 10.3 Å². The zero-order valence-corrected chi connectivity index (χ0v) is 18.6. The summed E-state index contributed by atoms with van der Waals surface area (Å²) < 4.78 is 16.1. The largest absolute Gasteiger partial charge is 0.493 e. The standard InChI is InChI=1S/C21H25ClN6O4/c1-11(2)27-18(29)10-31-16-7-4-12(8-17(16)30-3)20(25)32-21(26)28-15-6-5-14(24)13(9-23)19(15)22/h4-9,11,23,25H,10,24H2,1-3H3,(H2,26,28)(H,27,29). The number of ether oxygens (including phenoxy) is 3. The van der Waals surface area contributed by atoms with E-state index in [1.54, 1.807) is 12.1 Å². The van der Waals surface area contributed by atoms with Gasteiger partial charge in [0, 0.05) is 29.1 Å². The van der Waals surface area contributed by atoms with Gasteiger partial charge in [-0.3, -0.25) is 10.2 Å². The number of methoxy groups -OCH3 is 1. The van der Waals surface area contributed by atoms with Gasteiger partial charge < -0.3 is 36.4 Å². The number of amides is 1. The van der Waals surface area contributed by atoms with Crippen molar-refractivity contribution in [3.8, 4) is 11.5 Å². The lowest BCUT2D eigenvalue weighted by Gasteiger charge is -2.14. The molecule has 7 N–H and O–H groups in total. The van der Waals surface area contributed by atoms with Crippen molar-refractivity contribution < 1.29 is 19.0 Å². The van der Waals surface area contributed by atoms with E-state index in [-0.39, 0.29) is 41.2 Å². The highest BCUT2D eigenvalue weighted by atomic mass is 35.5. The van der Waals surface area contributed by atoms with Gasteiger partial charge in [-0.05, 0) is 44.2 Å². The summed E-state index contributed by atoms with van der Waals surface area (Å²) >= 11 is 6.19. The summed E-state index contributed by atoms with van der Waals surface area (Å²) in [5.41, 5.74) is 12.8.